The second kappa shape index (κ2) is 20.1. The molecule has 0 rings (SSSR count). The third kappa shape index (κ3) is 19.8. The number of carbonyl (C=O) groups excluding carboxylic acids is 5. The molecule has 0 aliphatic rings. The largest absolute Gasteiger partial charge is 0.543 e. The van der Waals surface area contributed by atoms with Gasteiger partial charge < -0.3 is 37.8 Å². The Hall–Kier alpha value is -2.84. The lowest BCUT2D eigenvalue weighted by Gasteiger charge is -2.27. The van der Waals surface area contributed by atoms with Crippen LogP contribution in [0.5, 0.6) is 0 Å². The SMILES string of the molecule is BOC(=O)CCC(CP(OC(C)OC(=O)OC(C)C)OC(C)OC(=O)OC(C)C)C(=O)OC(C)OC(=O)OC(C)C. The van der Waals surface area contributed by atoms with Gasteiger partial charge in [0.2, 0.25) is 18.9 Å². The highest BCUT2D eigenvalue weighted by Crippen LogP contribution is 2.44. The summed E-state index contributed by atoms with van der Waals surface area (Å²) >= 11 is 0. The smallest absolute Gasteiger partial charge is 0.511 e. The third-order valence-corrected chi connectivity index (χ3v) is 6.03. The molecule has 0 aliphatic carbocycles. The molecular formula is C24H42BO15P. The molecule has 4 atom stereocenters. The maximum Gasteiger partial charge on any atom is 0.511 e. The zero-order chi connectivity index (χ0) is 31.7. The molecule has 0 radical (unpaired) electrons. The van der Waals surface area contributed by atoms with Crippen LogP contribution in [0, 0.1) is 5.92 Å². The van der Waals surface area contributed by atoms with Crippen molar-refractivity contribution in [2.24, 2.45) is 5.92 Å². The van der Waals surface area contributed by atoms with E-state index in [1.807, 2.05) is 0 Å². The quantitative estimate of drug-likeness (QED) is 0.0754. The first-order chi connectivity index (χ1) is 19.0. The lowest BCUT2D eigenvalue weighted by Crippen LogP contribution is -2.30. The lowest BCUT2D eigenvalue weighted by atomic mass is 10.1. The van der Waals surface area contributed by atoms with E-state index >= 15 is 0 Å². The van der Waals surface area contributed by atoms with E-state index in [9.17, 15) is 24.0 Å². The van der Waals surface area contributed by atoms with Gasteiger partial charge in [-0.25, -0.2) is 14.4 Å². The highest BCUT2D eigenvalue weighted by Gasteiger charge is 2.32. The fourth-order valence-electron chi connectivity index (χ4n) is 2.69. The van der Waals surface area contributed by atoms with Crippen LogP contribution in [-0.2, 0) is 56.4 Å². The van der Waals surface area contributed by atoms with Crippen molar-refractivity contribution in [2.75, 3.05) is 6.16 Å². The first-order valence-corrected chi connectivity index (χ1v) is 14.4. The van der Waals surface area contributed by atoms with E-state index in [0.29, 0.717) is 0 Å². The summed E-state index contributed by atoms with van der Waals surface area (Å²) in [5.74, 6) is -2.52. The van der Waals surface area contributed by atoms with Gasteiger partial charge in [-0.2, -0.15) is 0 Å². The van der Waals surface area contributed by atoms with Gasteiger partial charge in [0.1, 0.15) is 0 Å². The molecular weight excluding hydrogens is 570 g/mol. The zero-order valence-electron chi connectivity index (χ0n) is 25.2. The number of esters is 1. The van der Waals surface area contributed by atoms with Crippen molar-refractivity contribution in [1.29, 1.82) is 0 Å². The zero-order valence-corrected chi connectivity index (χ0v) is 26.1. The predicted molar refractivity (Wildman–Crippen MR) is 144 cm³/mol. The van der Waals surface area contributed by atoms with Gasteiger partial charge in [-0.05, 0) is 61.8 Å². The highest BCUT2D eigenvalue weighted by atomic mass is 31.2. The third-order valence-electron chi connectivity index (χ3n) is 4.22. The number of ether oxygens (including phenoxy) is 7. The minimum Gasteiger partial charge on any atom is -0.543 e. The van der Waals surface area contributed by atoms with Crippen LogP contribution in [0.25, 0.3) is 0 Å². The van der Waals surface area contributed by atoms with Gasteiger partial charge in [-0.3, -0.25) is 18.6 Å². The van der Waals surface area contributed by atoms with E-state index in [1.165, 1.54) is 28.8 Å². The number of rotatable bonds is 17. The molecule has 0 amide bonds. The van der Waals surface area contributed by atoms with Crippen molar-refractivity contribution in [3.63, 3.8) is 0 Å². The summed E-state index contributed by atoms with van der Waals surface area (Å²) in [7, 11) is -0.963. The molecule has 0 aromatic rings. The number of hydrogen-bond acceptors (Lipinski definition) is 15. The lowest BCUT2D eigenvalue weighted by molar-refractivity contribution is -0.173. The Labute approximate surface area is 242 Å². The molecule has 4 unspecified atom stereocenters. The summed E-state index contributed by atoms with van der Waals surface area (Å²) in [5, 5.41) is 0. The number of carbonyl (C=O) groups is 5. The van der Waals surface area contributed by atoms with Gasteiger partial charge in [0.15, 0.2) is 8.38 Å². The molecule has 0 N–H and O–H groups in total. The normalized spacial score (nSPS) is 14.7. The van der Waals surface area contributed by atoms with Gasteiger partial charge in [0.05, 0.1) is 24.2 Å². The first-order valence-electron chi connectivity index (χ1n) is 13.0. The molecule has 0 bridgehead atoms. The molecule has 17 heteroatoms. The standard InChI is InChI=1S/C24H42BO15P/c1-13(2)31-22(28)35-16(7)34-21(27)19(10-11-20(26)38-25)12-41(39-17(8)36-23(29)32-14(3)4)40-18(9)37-24(30)33-15(5)6/h13-19H,10-12,25H2,1-9H3. The molecule has 0 saturated carbocycles. The van der Waals surface area contributed by atoms with E-state index in [2.05, 4.69) is 4.65 Å². The van der Waals surface area contributed by atoms with E-state index in [-0.39, 0.29) is 19.0 Å². The van der Waals surface area contributed by atoms with Crippen molar-refractivity contribution in [1.82, 2.24) is 0 Å². The van der Waals surface area contributed by atoms with Crippen LogP contribution < -0.4 is 0 Å². The van der Waals surface area contributed by atoms with Crippen molar-refractivity contribution < 1.29 is 70.8 Å². The summed E-state index contributed by atoms with van der Waals surface area (Å²) < 4.78 is 51.1. The van der Waals surface area contributed by atoms with Crippen LogP contribution in [-0.4, -0.2) is 81.8 Å². The Kier molecular flexibility index (Phi) is 18.7. The van der Waals surface area contributed by atoms with Gasteiger partial charge in [-0.15, -0.1) is 0 Å². The molecule has 0 fully saturated rings. The molecule has 0 aromatic heterocycles. The summed E-state index contributed by atoms with van der Waals surface area (Å²) in [5.41, 5.74) is 0. The van der Waals surface area contributed by atoms with E-state index in [4.69, 9.17) is 42.2 Å². The van der Waals surface area contributed by atoms with Crippen LogP contribution in [0.1, 0.15) is 75.2 Å². The van der Waals surface area contributed by atoms with Crippen LogP contribution in [0.3, 0.4) is 0 Å². The Morgan fingerprint density at radius 1 is 0.585 bits per heavy atom. The van der Waals surface area contributed by atoms with Gasteiger partial charge in [0.25, 0.3) is 5.97 Å². The Bertz CT molecular complexity index is 806. The topological polar surface area (TPSA) is 178 Å². The Morgan fingerprint density at radius 2 is 0.976 bits per heavy atom. The Balaban J connectivity index is 5.73. The minimum absolute atomic E-state index is 0.0739. The predicted octanol–water partition coefficient (Wildman–Crippen LogP) is 4.09. The fourth-order valence-corrected chi connectivity index (χ4v) is 4.36. The molecule has 0 heterocycles. The van der Waals surface area contributed by atoms with E-state index in [1.54, 1.807) is 41.5 Å². The molecule has 0 aliphatic heterocycles. The summed E-state index contributed by atoms with van der Waals surface area (Å²) in [6.07, 6.45) is -8.64. The van der Waals surface area contributed by atoms with Gasteiger partial charge in [-0.1, -0.05) is 0 Å². The highest BCUT2D eigenvalue weighted by molar-refractivity contribution is 7.47. The van der Waals surface area contributed by atoms with Crippen molar-refractivity contribution in [3.05, 3.63) is 0 Å². The molecule has 0 saturated heterocycles. The average molecular weight is 612 g/mol. The molecule has 41 heavy (non-hydrogen) atoms. The van der Waals surface area contributed by atoms with E-state index in [0.717, 1.165) is 0 Å². The monoisotopic (exact) mass is 612 g/mol. The minimum atomic E-state index is -2.15. The van der Waals surface area contributed by atoms with E-state index < -0.39 is 81.9 Å². The summed E-state index contributed by atoms with van der Waals surface area (Å²) in [6.45, 7) is 13.8. The van der Waals surface area contributed by atoms with Gasteiger partial charge in [0, 0.05) is 19.5 Å². The van der Waals surface area contributed by atoms with Gasteiger partial charge >= 0.3 is 32.5 Å². The van der Waals surface area contributed by atoms with Crippen LogP contribution in [0.2, 0.25) is 0 Å². The second-order valence-corrected chi connectivity index (χ2v) is 10.7. The van der Waals surface area contributed by atoms with Crippen molar-refractivity contribution in [2.45, 2.75) is 112 Å². The maximum absolute atomic E-state index is 13.0. The average Bonchev–Trinajstić information content (AvgIpc) is 2.78. The maximum atomic E-state index is 13.0. The van der Waals surface area contributed by atoms with Crippen LogP contribution >= 0.6 is 8.38 Å². The molecule has 0 spiro atoms. The second-order valence-electron chi connectivity index (χ2n) is 9.28. The summed E-state index contributed by atoms with van der Waals surface area (Å²) in [6, 6.07) is 0. The molecule has 15 nitrogen and oxygen atoms in total. The summed E-state index contributed by atoms with van der Waals surface area (Å²) in [4.78, 5) is 60.4. The van der Waals surface area contributed by atoms with Crippen LogP contribution in [0.15, 0.2) is 0 Å². The Morgan fingerprint density at radius 3 is 1.34 bits per heavy atom. The van der Waals surface area contributed by atoms with Crippen molar-refractivity contribution in [3.8, 4) is 0 Å². The molecule has 236 valence electrons. The van der Waals surface area contributed by atoms with Crippen LogP contribution in [0.4, 0.5) is 14.4 Å². The van der Waals surface area contributed by atoms with Crippen molar-refractivity contribution >= 4 is 46.8 Å². The first kappa shape index (κ1) is 38.2. The number of hydrogen-bond donors (Lipinski definition) is 0. The fraction of sp³-hybridized carbons (Fsp3) is 0.792. The molecule has 0 aromatic carbocycles.